The lowest BCUT2D eigenvalue weighted by Gasteiger charge is -2.18. The van der Waals surface area contributed by atoms with Crippen molar-refractivity contribution in [3.05, 3.63) is 22.6 Å². The van der Waals surface area contributed by atoms with Crippen LogP contribution in [0.2, 0.25) is 0 Å². The van der Waals surface area contributed by atoms with Gasteiger partial charge in [-0.1, -0.05) is 32.6 Å². The van der Waals surface area contributed by atoms with Crippen molar-refractivity contribution in [2.45, 2.75) is 51.2 Å². The number of aromatic nitrogens is 2. The van der Waals surface area contributed by atoms with Gasteiger partial charge in [0.05, 0.1) is 0 Å². The van der Waals surface area contributed by atoms with Crippen LogP contribution in [0.5, 0.6) is 0 Å². The Balaban J connectivity index is 2.78. The molecule has 7 nitrogen and oxygen atoms in total. The Morgan fingerprint density at radius 3 is 2.65 bits per heavy atom. The standard InChI is InChI=1S/C13H19F3N4O3/c1-2-3-4-5-6-10(12(21)17-8-13(14,15)16)19-7-11(18-9-19)20(22)23/h7,9-10H,2-6,8H2,1H3,(H,17,21). The molecule has 0 aromatic carbocycles. The van der Waals surface area contributed by atoms with Gasteiger partial charge in [0.2, 0.25) is 12.2 Å². The minimum Gasteiger partial charge on any atom is -0.358 e. The zero-order valence-electron chi connectivity index (χ0n) is 12.7. The lowest BCUT2D eigenvalue weighted by atomic mass is 10.1. The first-order valence-electron chi connectivity index (χ1n) is 7.27. The number of nitrogens with one attached hydrogen (secondary N) is 1. The molecule has 0 spiro atoms. The number of halogens is 3. The highest BCUT2D eigenvalue weighted by molar-refractivity contribution is 5.80. The second-order valence-electron chi connectivity index (χ2n) is 5.13. The van der Waals surface area contributed by atoms with Crippen LogP contribution in [0.4, 0.5) is 19.0 Å². The lowest BCUT2D eigenvalue weighted by Crippen LogP contribution is -2.38. The molecule has 0 fully saturated rings. The van der Waals surface area contributed by atoms with Gasteiger partial charge in [-0.15, -0.1) is 0 Å². The first-order chi connectivity index (χ1) is 10.7. The molecule has 0 radical (unpaired) electrons. The second-order valence-corrected chi connectivity index (χ2v) is 5.13. The monoisotopic (exact) mass is 336 g/mol. The molecule has 1 unspecified atom stereocenters. The Morgan fingerprint density at radius 2 is 2.13 bits per heavy atom. The number of rotatable bonds is 9. The molecule has 0 aliphatic carbocycles. The predicted octanol–water partition coefficient (Wildman–Crippen LogP) is 2.98. The summed E-state index contributed by atoms with van der Waals surface area (Å²) in [5.74, 6) is -1.28. The van der Waals surface area contributed by atoms with E-state index in [1.165, 1.54) is 4.57 Å². The summed E-state index contributed by atoms with van der Waals surface area (Å²) in [4.78, 5) is 25.5. The molecule has 130 valence electrons. The van der Waals surface area contributed by atoms with E-state index < -0.39 is 35.4 Å². The Labute approximate surface area is 131 Å². The SMILES string of the molecule is CCCCCCC(C(=O)NCC(F)(F)F)n1cnc([N+](=O)[O-])c1. The molecule has 1 heterocycles. The minimum atomic E-state index is -4.51. The van der Waals surface area contributed by atoms with Crippen LogP contribution in [0.25, 0.3) is 0 Å². The Morgan fingerprint density at radius 1 is 1.43 bits per heavy atom. The van der Waals surface area contributed by atoms with Gasteiger partial charge in [0.25, 0.3) is 0 Å². The summed E-state index contributed by atoms with van der Waals surface area (Å²) in [7, 11) is 0. The van der Waals surface area contributed by atoms with E-state index in [1.807, 2.05) is 12.2 Å². The number of carbonyl (C=O) groups excluding carboxylic acids is 1. The van der Waals surface area contributed by atoms with Gasteiger partial charge in [-0.3, -0.25) is 9.36 Å². The zero-order valence-corrected chi connectivity index (χ0v) is 12.7. The average molecular weight is 336 g/mol. The summed E-state index contributed by atoms with van der Waals surface area (Å²) < 4.78 is 37.9. The molecule has 10 heteroatoms. The maximum Gasteiger partial charge on any atom is 0.405 e. The fourth-order valence-corrected chi connectivity index (χ4v) is 2.08. The van der Waals surface area contributed by atoms with Crippen LogP contribution in [0.3, 0.4) is 0 Å². The second kappa shape index (κ2) is 8.49. The number of unbranched alkanes of at least 4 members (excludes halogenated alkanes) is 3. The molecule has 1 aromatic heterocycles. The molecule has 0 bridgehead atoms. The van der Waals surface area contributed by atoms with E-state index in [0.29, 0.717) is 6.42 Å². The highest BCUT2D eigenvalue weighted by Gasteiger charge is 2.30. The zero-order chi connectivity index (χ0) is 17.5. The van der Waals surface area contributed by atoms with Crippen molar-refractivity contribution < 1.29 is 22.9 Å². The molecule has 0 saturated carbocycles. The molecule has 1 amide bonds. The van der Waals surface area contributed by atoms with E-state index in [4.69, 9.17) is 0 Å². The van der Waals surface area contributed by atoms with E-state index in [-0.39, 0.29) is 6.42 Å². The summed E-state index contributed by atoms with van der Waals surface area (Å²) in [5.41, 5.74) is 0. The minimum absolute atomic E-state index is 0.289. The molecule has 1 atom stereocenters. The van der Waals surface area contributed by atoms with Gasteiger partial charge in [0.1, 0.15) is 18.8 Å². The van der Waals surface area contributed by atoms with Crippen LogP contribution in [-0.4, -0.2) is 33.1 Å². The Kier molecular flexibility index (Phi) is 6.98. The topological polar surface area (TPSA) is 90.1 Å². The van der Waals surface area contributed by atoms with Crippen LogP contribution < -0.4 is 5.32 Å². The average Bonchev–Trinajstić information content (AvgIpc) is 2.94. The third kappa shape index (κ3) is 6.66. The van der Waals surface area contributed by atoms with Gasteiger partial charge in [0.15, 0.2) is 0 Å². The van der Waals surface area contributed by atoms with Crippen molar-refractivity contribution in [3.63, 3.8) is 0 Å². The number of hydrogen-bond acceptors (Lipinski definition) is 4. The lowest BCUT2D eigenvalue weighted by molar-refractivity contribution is -0.389. The van der Waals surface area contributed by atoms with Gasteiger partial charge >= 0.3 is 12.0 Å². The largest absolute Gasteiger partial charge is 0.405 e. The molecular weight excluding hydrogens is 317 g/mol. The number of nitrogens with zero attached hydrogens (tertiary/aromatic N) is 3. The summed E-state index contributed by atoms with van der Waals surface area (Å²) in [5, 5.41) is 12.5. The fraction of sp³-hybridized carbons (Fsp3) is 0.692. The first-order valence-corrected chi connectivity index (χ1v) is 7.27. The number of hydrogen-bond donors (Lipinski definition) is 1. The first kappa shape index (κ1) is 18.9. The molecule has 1 aromatic rings. The van der Waals surface area contributed by atoms with Crippen molar-refractivity contribution >= 4 is 11.7 Å². The highest BCUT2D eigenvalue weighted by Crippen LogP contribution is 2.20. The van der Waals surface area contributed by atoms with Crippen molar-refractivity contribution in [3.8, 4) is 0 Å². The van der Waals surface area contributed by atoms with Crippen molar-refractivity contribution in [2.24, 2.45) is 0 Å². The van der Waals surface area contributed by atoms with Crippen LogP contribution in [0.1, 0.15) is 45.1 Å². The maximum absolute atomic E-state index is 12.2. The van der Waals surface area contributed by atoms with Gasteiger partial charge < -0.3 is 15.4 Å². The quantitative estimate of drug-likeness (QED) is 0.426. The van der Waals surface area contributed by atoms with E-state index in [0.717, 1.165) is 31.8 Å². The molecule has 0 aliphatic heterocycles. The molecule has 23 heavy (non-hydrogen) atoms. The number of imidazole rings is 1. The maximum atomic E-state index is 12.2. The Bertz CT molecular complexity index is 531. The summed E-state index contributed by atoms with van der Waals surface area (Å²) in [6.07, 6.45) is 1.30. The van der Waals surface area contributed by atoms with Crippen molar-refractivity contribution in [2.75, 3.05) is 6.54 Å². The smallest absolute Gasteiger partial charge is 0.358 e. The highest BCUT2D eigenvalue weighted by atomic mass is 19.4. The normalized spacial score (nSPS) is 12.9. The summed E-state index contributed by atoms with van der Waals surface area (Å²) >= 11 is 0. The third-order valence-corrected chi connectivity index (χ3v) is 3.23. The van der Waals surface area contributed by atoms with Gasteiger partial charge in [-0.05, 0) is 16.3 Å². The molecule has 0 aliphatic rings. The Hall–Kier alpha value is -2.13. The van der Waals surface area contributed by atoms with Crippen LogP contribution in [0.15, 0.2) is 12.5 Å². The van der Waals surface area contributed by atoms with E-state index in [9.17, 15) is 28.1 Å². The van der Waals surface area contributed by atoms with Crippen LogP contribution >= 0.6 is 0 Å². The van der Waals surface area contributed by atoms with E-state index in [1.54, 1.807) is 0 Å². The number of nitro groups is 1. The number of carbonyl (C=O) groups is 1. The van der Waals surface area contributed by atoms with Gasteiger partial charge in [-0.25, -0.2) is 0 Å². The summed E-state index contributed by atoms with van der Waals surface area (Å²) in [6.45, 7) is 0.570. The molecule has 0 saturated heterocycles. The van der Waals surface area contributed by atoms with Gasteiger partial charge in [0, 0.05) is 0 Å². The van der Waals surface area contributed by atoms with Gasteiger partial charge in [-0.2, -0.15) is 13.2 Å². The molecular formula is C13H19F3N4O3. The fourth-order valence-electron chi connectivity index (χ4n) is 2.08. The number of alkyl halides is 3. The van der Waals surface area contributed by atoms with E-state index >= 15 is 0 Å². The molecule has 1 N–H and O–H groups in total. The number of amides is 1. The predicted molar refractivity (Wildman–Crippen MR) is 75.7 cm³/mol. The third-order valence-electron chi connectivity index (χ3n) is 3.23. The summed E-state index contributed by atoms with van der Waals surface area (Å²) in [6, 6.07) is -0.949. The molecule has 1 rings (SSSR count). The van der Waals surface area contributed by atoms with Crippen LogP contribution in [0, 0.1) is 10.1 Å². The van der Waals surface area contributed by atoms with Crippen LogP contribution in [-0.2, 0) is 4.79 Å². The van der Waals surface area contributed by atoms with Crippen molar-refractivity contribution in [1.29, 1.82) is 0 Å². The van der Waals surface area contributed by atoms with E-state index in [2.05, 4.69) is 4.98 Å². The van der Waals surface area contributed by atoms with Crippen molar-refractivity contribution in [1.82, 2.24) is 14.9 Å².